The molecule has 664 valence electrons. The van der Waals surface area contributed by atoms with Crippen LogP contribution in [0.1, 0.15) is 173 Å². The Morgan fingerprint density at radius 2 is 0.794 bits per heavy atom. The van der Waals surface area contributed by atoms with E-state index in [0.717, 1.165) is 97.4 Å². The van der Waals surface area contributed by atoms with Crippen LogP contribution >= 0.6 is 11.6 Å². The molecule has 4 aromatic heterocycles. The summed E-state index contributed by atoms with van der Waals surface area (Å²) in [6.07, 6.45) is 13.1. The molecule has 0 unspecified atom stereocenters. The number of aromatic nitrogens is 4. The van der Waals surface area contributed by atoms with Gasteiger partial charge in [0, 0.05) is 143 Å². The molecule has 6 aliphatic rings. The molecular formula is C98H116ClN14O12W-. The number of benzene rings is 5. The van der Waals surface area contributed by atoms with E-state index >= 15 is 0 Å². The van der Waals surface area contributed by atoms with Crippen LogP contribution in [0, 0.1) is 7.43 Å². The average Bonchev–Trinajstić information content (AvgIpc) is 0.978. The molecule has 0 spiro atoms. The number of nitrogens with zero attached hydrogens (tertiary/aromatic N) is 11. The fourth-order valence-corrected chi connectivity index (χ4v) is 15.3. The van der Waals surface area contributed by atoms with E-state index in [0.29, 0.717) is 90.3 Å². The Morgan fingerprint density at radius 1 is 0.437 bits per heavy atom. The third kappa shape index (κ3) is 25.5. The number of pyridine rings is 4. The molecule has 15 rings (SSSR count). The summed E-state index contributed by atoms with van der Waals surface area (Å²) in [6, 6.07) is 59.0. The third-order valence-corrected chi connectivity index (χ3v) is 21.5. The maximum Gasteiger partial charge on any atom is 0.410 e. The second kappa shape index (κ2) is 43.0. The Hall–Kier alpha value is -11.7. The molecule has 4 fully saturated rings. The van der Waals surface area contributed by atoms with Gasteiger partial charge in [0.05, 0.1) is 17.1 Å². The molecule has 126 heavy (non-hydrogen) atoms. The molecule has 0 bridgehead atoms. The van der Waals surface area contributed by atoms with Gasteiger partial charge in [-0.05, 0) is 237 Å². The van der Waals surface area contributed by atoms with Crippen LogP contribution in [0.4, 0.5) is 37.7 Å². The van der Waals surface area contributed by atoms with Crippen molar-refractivity contribution < 1.29 is 78.5 Å². The zero-order valence-electron chi connectivity index (χ0n) is 74.4. The number of piperidine rings is 4. The van der Waals surface area contributed by atoms with E-state index in [9.17, 15) is 33.6 Å². The molecule has 6 aliphatic heterocycles. The van der Waals surface area contributed by atoms with Gasteiger partial charge in [-0.15, -0.1) is 0 Å². The Balaban J connectivity index is 0.000000180. The number of rotatable bonds is 15. The van der Waals surface area contributed by atoms with E-state index in [4.69, 9.17) is 40.5 Å². The van der Waals surface area contributed by atoms with Crippen molar-refractivity contribution in [1.29, 1.82) is 0 Å². The van der Waals surface area contributed by atoms with Gasteiger partial charge in [-0.3, -0.25) is 29.0 Å². The van der Waals surface area contributed by atoms with Crippen molar-refractivity contribution in [3.05, 3.63) is 248 Å². The van der Waals surface area contributed by atoms with E-state index in [2.05, 4.69) is 59.4 Å². The molecule has 4 saturated heterocycles. The van der Waals surface area contributed by atoms with Crippen LogP contribution < -0.4 is 25.8 Å². The maximum absolute atomic E-state index is 14.4. The number of amides is 5. The van der Waals surface area contributed by atoms with E-state index in [-0.39, 0.29) is 99.6 Å². The van der Waals surface area contributed by atoms with Crippen molar-refractivity contribution in [3.8, 4) is 33.4 Å². The standard InChI is InChI=1S/C33H36N4O5.C28H28N4O3.C21H27N3O2.C15H22ClN3O2.CH3.W/c1-32(2,3)41-31(40)36-20-10-13-25(21-36)37(29-26(14-9-19-34-29)22-11-7-6-8-12-22)30(39)24-17-15-23(16-18-24)27-28(38)33(4,5)42-35-27;1-28(2)25(33)24(31-35-28)20-12-14-21(15-13-20)27(34)32(22-10-6-16-29-18-22)26-23(11-7-17-30-26)19-8-4-3-5-9-19;1-21(2,3)26-20(25)24-14-8-11-17(15-24)23-19-18(12-7-13-22-19)16-9-5-4-6-10-16;1-15(2,3)21-14(20)19-9-5-6-11(10-19)18-13-12(16)7-4-8-17-13;;/h6-9,11-12,14-19,25H,10,13,20-21H2,1-5H3;3-5,7-9,11-15,17,22,29H,6,10,16,18H2,1-2H3;4-7,9-10,12-13,17H,8,11,14-15H2,1-3H3,(H,22,23);4,7-8,11H,5-6,9-10H2,1-3H3,(H,17,18);1H3;/q;;;;-1;/t25-;22-;17-;11-;;/m1111../s1. The summed E-state index contributed by atoms with van der Waals surface area (Å²) in [5.74, 6) is 1.90. The smallest absolute Gasteiger partial charge is 0.410 e. The van der Waals surface area contributed by atoms with Crippen molar-refractivity contribution in [3.63, 3.8) is 0 Å². The monoisotopic (exact) mass is 1900 g/mol. The second-order valence-corrected chi connectivity index (χ2v) is 35.8. The summed E-state index contributed by atoms with van der Waals surface area (Å²) < 4.78 is 16.6. The topological polar surface area (TPSA) is 294 Å². The summed E-state index contributed by atoms with van der Waals surface area (Å²) >= 11 is 6.10. The van der Waals surface area contributed by atoms with E-state index in [1.807, 2.05) is 176 Å². The Labute approximate surface area is 759 Å². The number of hydrogen-bond donors (Lipinski definition) is 3. The molecule has 26 nitrogen and oxygen atoms in total. The molecule has 10 heterocycles. The van der Waals surface area contributed by atoms with Crippen LogP contribution in [-0.4, -0.2) is 192 Å². The molecule has 5 aromatic carbocycles. The van der Waals surface area contributed by atoms with Gasteiger partial charge in [-0.1, -0.05) is 137 Å². The number of anilines is 4. The molecular weight excluding hydrogens is 1780 g/mol. The number of nitrogens with one attached hydrogen (secondary N) is 3. The molecule has 28 heteroatoms. The molecule has 5 amide bonds. The minimum absolute atomic E-state index is 0. The fourth-order valence-electron chi connectivity index (χ4n) is 15.1. The summed E-state index contributed by atoms with van der Waals surface area (Å²) in [5, 5.41) is 18.8. The fraction of sp³-hybridized carbons (Fsp3) is 0.388. The van der Waals surface area contributed by atoms with Crippen molar-refractivity contribution in [2.45, 2.75) is 194 Å². The van der Waals surface area contributed by atoms with Crippen LogP contribution in [0.3, 0.4) is 0 Å². The van der Waals surface area contributed by atoms with E-state index in [1.54, 1.807) is 133 Å². The molecule has 3 N–H and O–H groups in total. The minimum Gasteiger partial charge on any atom is -0.444 e. The third-order valence-electron chi connectivity index (χ3n) is 21.2. The van der Waals surface area contributed by atoms with E-state index < -0.39 is 34.1 Å². The van der Waals surface area contributed by atoms with Crippen LogP contribution in [0.15, 0.2) is 223 Å². The largest absolute Gasteiger partial charge is 0.444 e. The zero-order valence-corrected chi connectivity index (χ0v) is 78.1. The van der Waals surface area contributed by atoms with E-state index in [1.165, 1.54) is 0 Å². The first-order valence-corrected chi connectivity index (χ1v) is 42.8. The van der Waals surface area contributed by atoms with Gasteiger partial charge < -0.3 is 62.0 Å². The maximum atomic E-state index is 14.4. The van der Waals surface area contributed by atoms with Crippen molar-refractivity contribution in [1.82, 2.24) is 40.0 Å². The van der Waals surface area contributed by atoms with Gasteiger partial charge in [-0.2, -0.15) is 0 Å². The minimum atomic E-state index is -1.02. The van der Waals surface area contributed by atoms with Gasteiger partial charge in [-0.25, -0.2) is 34.3 Å². The van der Waals surface area contributed by atoms with Gasteiger partial charge >= 0.3 is 18.3 Å². The number of oxime groups is 2. The summed E-state index contributed by atoms with van der Waals surface area (Å²) in [7, 11) is 0. The molecule has 0 aliphatic carbocycles. The number of Topliss-reactive ketones (excluding diaryl/α,β-unsaturated/α-hetero) is 2. The number of halogens is 1. The first-order chi connectivity index (χ1) is 59.2. The van der Waals surface area contributed by atoms with Crippen LogP contribution in [0.2, 0.25) is 5.02 Å². The number of carbonyl (C=O) groups is 7. The predicted molar refractivity (Wildman–Crippen MR) is 490 cm³/mol. The first-order valence-electron chi connectivity index (χ1n) is 42.5. The number of ketones is 2. The van der Waals surface area contributed by atoms with Crippen LogP contribution in [-0.2, 0) is 54.5 Å². The quantitative estimate of drug-likeness (QED) is 0.0634. The number of carbonyl (C=O) groups excluding carboxylic acids is 7. The Bertz CT molecular complexity index is 5270. The van der Waals surface area contributed by atoms with Crippen molar-refractivity contribution in [2.24, 2.45) is 10.3 Å². The number of ether oxygens (including phenoxy) is 3. The summed E-state index contributed by atoms with van der Waals surface area (Å²) in [6.45, 7) is 28.7. The molecule has 4 atom stereocenters. The number of hydrogen-bond acceptors (Lipinski definition) is 21. The molecule has 0 radical (unpaired) electrons. The Kier molecular flexibility index (Phi) is 32.9. The normalized spacial score (nSPS) is 18.2. The summed E-state index contributed by atoms with van der Waals surface area (Å²) in [4.78, 5) is 129. The number of likely N-dealkylation sites (tertiary alicyclic amines) is 3. The van der Waals surface area contributed by atoms with Gasteiger partial charge in [0.25, 0.3) is 11.8 Å². The van der Waals surface area contributed by atoms with Crippen LogP contribution in [0.25, 0.3) is 33.4 Å². The van der Waals surface area contributed by atoms with Crippen LogP contribution in [0.5, 0.6) is 0 Å². The van der Waals surface area contributed by atoms with Gasteiger partial charge in [0.2, 0.25) is 11.6 Å². The molecule has 9 aromatic rings. The first kappa shape index (κ1) is 96.5. The second-order valence-electron chi connectivity index (χ2n) is 35.4. The van der Waals surface area contributed by atoms with Gasteiger partial charge in [0.15, 0.2) is 22.6 Å². The Morgan fingerprint density at radius 3 is 1.18 bits per heavy atom. The van der Waals surface area contributed by atoms with Crippen molar-refractivity contribution in [2.75, 3.05) is 72.8 Å². The zero-order chi connectivity index (χ0) is 88.5. The summed E-state index contributed by atoms with van der Waals surface area (Å²) in [5.41, 5.74) is 4.94. The average molecular weight is 1900 g/mol. The predicted octanol–water partition coefficient (Wildman–Crippen LogP) is 18.7. The molecule has 0 saturated carbocycles. The van der Waals surface area contributed by atoms with Crippen molar-refractivity contribution >= 4 is 88.0 Å². The van der Waals surface area contributed by atoms with Gasteiger partial charge in [0.1, 0.15) is 40.1 Å². The SMILES string of the molecule is CC(C)(C)OC(=O)N1CCC[C@@H](N(C(=O)c2ccc(C3=NOC(C)(C)C3=O)cc2)c2ncccc2-c2ccccc2)C1.CC(C)(C)OC(=O)N1CCC[C@@H](Nc2ncccc2-c2ccccc2)C1.CC(C)(C)OC(=O)N1CCC[C@@H](Nc2ncccc2Cl)C1.CC1(C)ON=C(c2ccc(C(=O)N(c3ncccc3-c3ccccc3)[C@@H]3CCCNC3)cc2)C1=O.[CH3-].[W].